The molecule has 1 aromatic carbocycles. The first kappa shape index (κ1) is 12.3. The summed E-state index contributed by atoms with van der Waals surface area (Å²) >= 11 is 0. The second-order valence-electron chi connectivity index (χ2n) is 3.48. The third-order valence-corrected chi connectivity index (χ3v) is 2.13. The molecule has 0 aliphatic heterocycles. The standard InChI is InChI=1S/C12H15NO3/c1-2-7-13(9-12(15)16)8-10-5-3-4-6-11(10)14/h2-6,14H,1,7-9H2,(H,15,16). The summed E-state index contributed by atoms with van der Waals surface area (Å²) in [7, 11) is 0. The van der Waals surface area contributed by atoms with Crippen molar-refractivity contribution in [3.63, 3.8) is 0 Å². The fourth-order valence-electron chi connectivity index (χ4n) is 1.44. The minimum atomic E-state index is -0.891. The summed E-state index contributed by atoms with van der Waals surface area (Å²) in [5, 5.41) is 18.3. The van der Waals surface area contributed by atoms with Gasteiger partial charge in [-0.2, -0.15) is 0 Å². The van der Waals surface area contributed by atoms with Gasteiger partial charge in [0.1, 0.15) is 5.75 Å². The van der Waals surface area contributed by atoms with Crippen LogP contribution in [-0.4, -0.2) is 34.2 Å². The Morgan fingerprint density at radius 1 is 1.44 bits per heavy atom. The van der Waals surface area contributed by atoms with E-state index in [-0.39, 0.29) is 12.3 Å². The maximum absolute atomic E-state index is 10.6. The van der Waals surface area contributed by atoms with E-state index in [1.807, 2.05) is 6.07 Å². The molecule has 0 amide bonds. The van der Waals surface area contributed by atoms with Gasteiger partial charge in [-0.1, -0.05) is 24.3 Å². The Hall–Kier alpha value is -1.81. The summed E-state index contributed by atoms with van der Waals surface area (Å²) in [6.07, 6.45) is 1.64. The quantitative estimate of drug-likeness (QED) is 0.714. The third-order valence-electron chi connectivity index (χ3n) is 2.13. The van der Waals surface area contributed by atoms with Crippen LogP contribution in [0.1, 0.15) is 5.56 Å². The van der Waals surface area contributed by atoms with E-state index in [1.165, 1.54) is 0 Å². The van der Waals surface area contributed by atoms with E-state index in [0.29, 0.717) is 18.7 Å². The van der Waals surface area contributed by atoms with E-state index in [4.69, 9.17) is 5.11 Å². The summed E-state index contributed by atoms with van der Waals surface area (Å²) < 4.78 is 0. The molecule has 0 bridgehead atoms. The Morgan fingerprint density at radius 2 is 2.12 bits per heavy atom. The Labute approximate surface area is 94.4 Å². The van der Waals surface area contributed by atoms with E-state index in [0.717, 1.165) is 0 Å². The third kappa shape index (κ3) is 3.74. The number of rotatable bonds is 6. The molecule has 2 N–H and O–H groups in total. The molecule has 0 saturated carbocycles. The molecule has 0 radical (unpaired) electrons. The molecule has 0 aromatic heterocycles. The highest BCUT2D eigenvalue weighted by atomic mass is 16.4. The summed E-state index contributed by atoms with van der Waals surface area (Å²) in [6.45, 7) is 4.37. The molecule has 0 atom stereocenters. The molecule has 1 aromatic rings. The number of benzene rings is 1. The number of phenolic OH excluding ortho intramolecular Hbond substituents is 1. The minimum Gasteiger partial charge on any atom is -0.508 e. The predicted molar refractivity (Wildman–Crippen MR) is 61.2 cm³/mol. The van der Waals surface area contributed by atoms with Gasteiger partial charge in [-0.15, -0.1) is 6.58 Å². The van der Waals surface area contributed by atoms with E-state index < -0.39 is 5.97 Å². The van der Waals surface area contributed by atoms with E-state index in [1.54, 1.807) is 29.2 Å². The molecule has 1 rings (SSSR count). The zero-order chi connectivity index (χ0) is 12.0. The highest BCUT2D eigenvalue weighted by molar-refractivity contribution is 5.69. The molecule has 0 aliphatic rings. The highest BCUT2D eigenvalue weighted by Crippen LogP contribution is 2.17. The Kier molecular flexibility index (Phi) is 4.54. The number of carboxylic acid groups (broad SMARTS) is 1. The van der Waals surface area contributed by atoms with Crippen LogP contribution in [0.4, 0.5) is 0 Å². The van der Waals surface area contributed by atoms with E-state index in [9.17, 15) is 9.90 Å². The minimum absolute atomic E-state index is 0.0691. The van der Waals surface area contributed by atoms with Crippen LogP contribution in [0.25, 0.3) is 0 Å². The number of aromatic hydroxyl groups is 1. The second kappa shape index (κ2) is 5.92. The van der Waals surface area contributed by atoms with Gasteiger partial charge in [-0.25, -0.2) is 0 Å². The molecule has 0 aliphatic carbocycles. The molecule has 0 unspecified atom stereocenters. The smallest absolute Gasteiger partial charge is 0.317 e. The lowest BCUT2D eigenvalue weighted by Gasteiger charge is -2.18. The van der Waals surface area contributed by atoms with E-state index >= 15 is 0 Å². The highest BCUT2D eigenvalue weighted by Gasteiger charge is 2.10. The lowest BCUT2D eigenvalue weighted by molar-refractivity contribution is -0.138. The van der Waals surface area contributed by atoms with Crippen LogP contribution < -0.4 is 0 Å². The Morgan fingerprint density at radius 3 is 2.69 bits per heavy atom. The molecule has 0 spiro atoms. The van der Waals surface area contributed by atoms with Crippen LogP contribution in [0.3, 0.4) is 0 Å². The van der Waals surface area contributed by atoms with Crippen molar-refractivity contribution in [1.29, 1.82) is 0 Å². The predicted octanol–water partition coefficient (Wildman–Crippen LogP) is 1.46. The average Bonchev–Trinajstić information content (AvgIpc) is 2.21. The molecule has 4 heteroatoms. The van der Waals surface area contributed by atoms with Crippen LogP contribution >= 0.6 is 0 Å². The first-order chi connectivity index (χ1) is 7.63. The maximum atomic E-state index is 10.6. The first-order valence-corrected chi connectivity index (χ1v) is 4.95. The summed E-state index contributed by atoms with van der Waals surface area (Å²) in [4.78, 5) is 12.3. The van der Waals surface area contributed by atoms with Gasteiger partial charge in [0.25, 0.3) is 0 Å². The average molecular weight is 221 g/mol. The first-order valence-electron chi connectivity index (χ1n) is 4.95. The fraction of sp³-hybridized carbons (Fsp3) is 0.250. The van der Waals surface area contributed by atoms with Crippen LogP contribution in [-0.2, 0) is 11.3 Å². The summed E-state index contributed by atoms with van der Waals surface area (Å²) in [5.41, 5.74) is 0.714. The number of aliphatic carboxylic acids is 1. The van der Waals surface area contributed by atoms with E-state index in [2.05, 4.69) is 6.58 Å². The van der Waals surface area contributed by atoms with Crippen molar-refractivity contribution in [3.05, 3.63) is 42.5 Å². The van der Waals surface area contributed by atoms with Crippen molar-refractivity contribution in [3.8, 4) is 5.75 Å². The van der Waals surface area contributed by atoms with Gasteiger partial charge in [0, 0.05) is 18.7 Å². The molecule has 86 valence electrons. The van der Waals surface area contributed by atoms with Crippen molar-refractivity contribution in [2.45, 2.75) is 6.54 Å². The molecule has 16 heavy (non-hydrogen) atoms. The van der Waals surface area contributed by atoms with Gasteiger partial charge in [-0.3, -0.25) is 9.69 Å². The topological polar surface area (TPSA) is 60.8 Å². The van der Waals surface area contributed by atoms with Gasteiger partial charge in [0.15, 0.2) is 0 Å². The van der Waals surface area contributed by atoms with Crippen molar-refractivity contribution in [1.82, 2.24) is 4.90 Å². The van der Waals surface area contributed by atoms with Gasteiger partial charge < -0.3 is 10.2 Å². The lowest BCUT2D eigenvalue weighted by Crippen LogP contribution is -2.29. The Balaban J connectivity index is 2.71. The van der Waals surface area contributed by atoms with Crippen LogP contribution in [0.5, 0.6) is 5.75 Å². The van der Waals surface area contributed by atoms with Crippen LogP contribution in [0.2, 0.25) is 0 Å². The van der Waals surface area contributed by atoms with Gasteiger partial charge in [-0.05, 0) is 6.07 Å². The van der Waals surface area contributed by atoms with Gasteiger partial charge in [0.2, 0.25) is 0 Å². The molecule has 4 nitrogen and oxygen atoms in total. The van der Waals surface area contributed by atoms with Crippen molar-refractivity contribution < 1.29 is 15.0 Å². The zero-order valence-electron chi connectivity index (χ0n) is 8.97. The summed E-state index contributed by atoms with van der Waals surface area (Å²) in [6, 6.07) is 6.89. The fourth-order valence-corrected chi connectivity index (χ4v) is 1.44. The summed E-state index contributed by atoms with van der Waals surface area (Å²) in [5.74, 6) is -0.709. The number of phenols is 1. The normalized spacial score (nSPS) is 10.3. The lowest BCUT2D eigenvalue weighted by atomic mass is 10.2. The van der Waals surface area contributed by atoms with Crippen molar-refractivity contribution >= 4 is 5.97 Å². The van der Waals surface area contributed by atoms with Crippen LogP contribution in [0, 0.1) is 0 Å². The molecular weight excluding hydrogens is 206 g/mol. The number of carbonyl (C=O) groups is 1. The number of hydrogen-bond acceptors (Lipinski definition) is 3. The number of hydrogen-bond donors (Lipinski definition) is 2. The number of nitrogens with zero attached hydrogens (tertiary/aromatic N) is 1. The number of para-hydroxylation sites is 1. The van der Waals surface area contributed by atoms with Gasteiger partial charge >= 0.3 is 5.97 Å². The number of carboxylic acids is 1. The monoisotopic (exact) mass is 221 g/mol. The zero-order valence-corrected chi connectivity index (χ0v) is 8.97. The maximum Gasteiger partial charge on any atom is 0.317 e. The van der Waals surface area contributed by atoms with Crippen molar-refractivity contribution in [2.75, 3.05) is 13.1 Å². The van der Waals surface area contributed by atoms with Gasteiger partial charge in [0.05, 0.1) is 6.54 Å². The SMILES string of the molecule is C=CCN(CC(=O)O)Cc1ccccc1O. The van der Waals surface area contributed by atoms with Crippen LogP contribution in [0.15, 0.2) is 36.9 Å². The molecule has 0 saturated heterocycles. The molecule has 0 fully saturated rings. The second-order valence-corrected chi connectivity index (χ2v) is 3.48. The largest absolute Gasteiger partial charge is 0.508 e. The van der Waals surface area contributed by atoms with Crippen molar-refractivity contribution in [2.24, 2.45) is 0 Å². The molecular formula is C12H15NO3. The Bertz CT molecular complexity index is 376. The molecule has 0 heterocycles.